The van der Waals surface area contributed by atoms with Crippen LogP contribution in [0.3, 0.4) is 0 Å². The average molecular weight is 217 g/mol. The van der Waals surface area contributed by atoms with Gasteiger partial charge >= 0.3 is 6.18 Å². The van der Waals surface area contributed by atoms with Crippen molar-refractivity contribution in [1.29, 1.82) is 5.26 Å². The highest BCUT2D eigenvalue weighted by Gasteiger charge is 2.53. The van der Waals surface area contributed by atoms with Crippen LogP contribution in [0.25, 0.3) is 0 Å². The van der Waals surface area contributed by atoms with Gasteiger partial charge in [-0.3, -0.25) is 4.68 Å². The van der Waals surface area contributed by atoms with Crippen LogP contribution in [0.2, 0.25) is 0 Å². The first-order valence-corrected chi connectivity index (χ1v) is 4.15. The number of nitriles is 1. The number of halogens is 3. The number of nitrogens with zero attached hydrogens (tertiary/aromatic N) is 3. The van der Waals surface area contributed by atoms with Crippen LogP contribution in [0.4, 0.5) is 13.2 Å². The molecule has 1 aliphatic heterocycles. The van der Waals surface area contributed by atoms with Crippen molar-refractivity contribution in [2.75, 3.05) is 6.61 Å². The molecule has 1 aromatic heterocycles. The Bertz CT molecular complexity index is 406. The van der Waals surface area contributed by atoms with E-state index < -0.39 is 18.3 Å². The highest BCUT2D eigenvalue weighted by molar-refractivity contribution is 5.22. The number of aromatic nitrogens is 2. The number of ether oxygens (including phenoxy) is 1. The van der Waals surface area contributed by atoms with Gasteiger partial charge in [-0.25, -0.2) is 0 Å². The number of alkyl halides is 3. The minimum atomic E-state index is -4.39. The van der Waals surface area contributed by atoms with Crippen LogP contribution in [0.5, 0.6) is 0 Å². The molecule has 0 saturated carbocycles. The average Bonchev–Trinajstić information content (AvgIpc) is 2.47. The number of hydrogen-bond donors (Lipinski definition) is 0. The lowest BCUT2D eigenvalue weighted by Crippen LogP contribution is -2.50. The Labute approximate surface area is 82.9 Å². The summed E-state index contributed by atoms with van der Waals surface area (Å²) >= 11 is 0. The summed E-state index contributed by atoms with van der Waals surface area (Å²) in [7, 11) is 0. The van der Waals surface area contributed by atoms with Crippen molar-refractivity contribution in [2.45, 2.75) is 18.3 Å². The monoisotopic (exact) mass is 217 g/mol. The summed E-state index contributed by atoms with van der Waals surface area (Å²) in [6, 6.07) is 0.944. The molecule has 7 heteroatoms. The summed E-state index contributed by atoms with van der Waals surface area (Å²) in [5, 5.41) is 12.2. The predicted octanol–water partition coefficient (Wildman–Crippen LogP) is 1.26. The van der Waals surface area contributed by atoms with Gasteiger partial charge in [0, 0.05) is 6.20 Å². The van der Waals surface area contributed by atoms with E-state index in [4.69, 9.17) is 5.26 Å². The molecule has 1 fully saturated rings. The zero-order valence-electron chi connectivity index (χ0n) is 7.40. The molecule has 2 unspecified atom stereocenters. The van der Waals surface area contributed by atoms with Crippen molar-refractivity contribution < 1.29 is 17.9 Å². The van der Waals surface area contributed by atoms with E-state index in [2.05, 4.69) is 9.84 Å². The van der Waals surface area contributed by atoms with Gasteiger partial charge in [0.25, 0.3) is 0 Å². The zero-order chi connectivity index (χ0) is 11.1. The summed E-state index contributed by atoms with van der Waals surface area (Å²) in [5.74, 6) is 0. The van der Waals surface area contributed by atoms with Crippen molar-refractivity contribution in [2.24, 2.45) is 0 Å². The third-order valence-electron chi connectivity index (χ3n) is 2.19. The molecule has 1 aromatic rings. The van der Waals surface area contributed by atoms with Gasteiger partial charge in [0.1, 0.15) is 12.1 Å². The fourth-order valence-corrected chi connectivity index (χ4v) is 1.38. The SMILES string of the molecule is N#Cc1cnn(C2COC2C(F)(F)F)c1. The minimum absolute atomic E-state index is 0.0310. The second-order valence-corrected chi connectivity index (χ2v) is 3.18. The molecule has 2 atom stereocenters. The van der Waals surface area contributed by atoms with E-state index in [1.54, 1.807) is 6.07 Å². The van der Waals surface area contributed by atoms with Gasteiger partial charge in [0.05, 0.1) is 18.4 Å². The molecule has 80 valence electrons. The molecule has 0 bridgehead atoms. The van der Waals surface area contributed by atoms with Crippen LogP contribution in [-0.4, -0.2) is 28.7 Å². The molecule has 0 spiro atoms. The first-order valence-electron chi connectivity index (χ1n) is 4.15. The van der Waals surface area contributed by atoms with Gasteiger partial charge in [-0.1, -0.05) is 0 Å². The van der Waals surface area contributed by atoms with E-state index in [0.29, 0.717) is 0 Å². The summed E-state index contributed by atoms with van der Waals surface area (Å²) in [4.78, 5) is 0. The highest BCUT2D eigenvalue weighted by atomic mass is 19.4. The Kier molecular flexibility index (Phi) is 2.16. The maximum absolute atomic E-state index is 12.3. The Hall–Kier alpha value is -1.55. The molecule has 0 radical (unpaired) electrons. The minimum Gasteiger partial charge on any atom is -0.364 e. The van der Waals surface area contributed by atoms with E-state index >= 15 is 0 Å². The molecular formula is C8H6F3N3O. The summed E-state index contributed by atoms with van der Waals surface area (Å²) in [5.41, 5.74) is 0.239. The third kappa shape index (κ3) is 1.68. The molecular weight excluding hydrogens is 211 g/mol. The molecule has 4 nitrogen and oxygen atoms in total. The predicted molar refractivity (Wildman–Crippen MR) is 41.8 cm³/mol. The van der Waals surface area contributed by atoms with Crippen LogP contribution in [-0.2, 0) is 4.74 Å². The standard InChI is InChI=1S/C8H6F3N3O/c9-8(10,11)7-6(4-15-7)14-3-5(1-12)2-13-14/h2-3,6-7H,4H2. The Morgan fingerprint density at radius 3 is 2.73 bits per heavy atom. The van der Waals surface area contributed by atoms with E-state index in [1.807, 2.05) is 0 Å². The molecule has 0 aliphatic carbocycles. The van der Waals surface area contributed by atoms with Crippen LogP contribution in [0.1, 0.15) is 11.6 Å². The van der Waals surface area contributed by atoms with Crippen molar-refractivity contribution in [1.82, 2.24) is 9.78 Å². The van der Waals surface area contributed by atoms with Crippen LogP contribution in [0.15, 0.2) is 12.4 Å². The number of rotatable bonds is 1. The van der Waals surface area contributed by atoms with Gasteiger partial charge < -0.3 is 4.74 Å². The third-order valence-corrected chi connectivity index (χ3v) is 2.19. The molecule has 2 heterocycles. The lowest BCUT2D eigenvalue weighted by Gasteiger charge is -2.37. The van der Waals surface area contributed by atoms with E-state index in [0.717, 1.165) is 4.68 Å². The molecule has 15 heavy (non-hydrogen) atoms. The lowest BCUT2D eigenvalue weighted by molar-refractivity contribution is -0.283. The van der Waals surface area contributed by atoms with Crippen molar-refractivity contribution in [3.05, 3.63) is 18.0 Å². The van der Waals surface area contributed by atoms with E-state index in [-0.39, 0.29) is 12.2 Å². The Morgan fingerprint density at radius 2 is 2.33 bits per heavy atom. The first kappa shape index (κ1) is 9.98. The van der Waals surface area contributed by atoms with Gasteiger partial charge in [-0.2, -0.15) is 23.5 Å². The fourth-order valence-electron chi connectivity index (χ4n) is 1.38. The molecule has 0 N–H and O–H groups in total. The smallest absolute Gasteiger partial charge is 0.364 e. The summed E-state index contributed by atoms with van der Waals surface area (Å²) in [6.07, 6.45) is -3.69. The van der Waals surface area contributed by atoms with Gasteiger partial charge in [0.15, 0.2) is 6.10 Å². The van der Waals surface area contributed by atoms with Crippen LogP contribution >= 0.6 is 0 Å². The van der Waals surface area contributed by atoms with E-state index in [1.165, 1.54) is 12.4 Å². The second-order valence-electron chi connectivity index (χ2n) is 3.18. The van der Waals surface area contributed by atoms with E-state index in [9.17, 15) is 13.2 Å². The maximum Gasteiger partial charge on any atom is 0.416 e. The molecule has 2 rings (SSSR count). The van der Waals surface area contributed by atoms with Crippen LogP contribution in [0, 0.1) is 11.3 Å². The second kappa shape index (κ2) is 3.24. The summed E-state index contributed by atoms with van der Waals surface area (Å²) in [6.45, 7) is -0.0310. The fraction of sp³-hybridized carbons (Fsp3) is 0.500. The molecule has 1 aliphatic rings. The van der Waals surface area contributed by atoms with Crippen molar-refractivity contribution in [3.63, 3.8) is 0 Å². The Balaban J connectivity index is 2.16. The number of hydrogen-bond acceptors (Lipinski definition) is 3. The first-order chi connectivity index (χ1) is 7.02. The van der Waals surface area contributed by atoms with Crippen molar-refractivity contribution in [3.8, 4) is 6.07 Å². The quantitative estimate of drug-likeness (QED) is 0.711. The molecule has 1 saturated heterocycles. The molecule has 0 aromatic carbocycles. The van der Waals surface area contributed by atoms with Gasteiger partial charge in [-0.05, 0) is 0 Å². The van der Waals surface area contributed by atoms with Gasteiger partial charge in [-0.15, -0.1) is 0 Å². The van der Waals surface area contributed by atoms with Gasteiger partial charge in [0.2, 0.25) is 0 Å². The van der Waals surface area contributed by atoms with Crippen LogP contribution < -0.4 is 0 Å². The summed E-state index contributed by atoms with van der Waals surface area (Å²) < 4.78 is 42.4. The van der Waals surface area contributed by atoms with Crippen molar-refractivity contribution >= 4 is 0 Å². The molecule has 0 amide bonds. The topological polar surface area (TPSA) is 50.8 Å². The highest BCUT2D eigenvalue weighted by Crippen LogP contribution is 2.37. The largest absolute Gasteiger partial charge is 0.416 e. The maximum atomic E-state index is 12.3. The normalized spacial score (nSPS) is 25.7. The Morgan fingerprint density at radius 1 is 1.60 bits per heavy atom. The zero-order valence-corrected chi connectivity index (χ0v) is 7.40. The lowest BCUT2D eigenvalue weighted by atomic mass is 10.1.